The van der Waals surface area contributed by atoms with E-state index < -0.39 is 0 Å². The molecule has 0 aliphatic heterocycles. The number of amides is 1. The maximum absolute atomic E-state index is 11.9. The number of fused-ring (bicyclic) bond motifs is 1. The largest absolute Gasteiger partial charge is 0.463 e. The van der Waals surface area contributed by atoms with Crippen LogP contribution in [0.3, 0.4) is 0 Å². The number of hydrogen-bond acceptors (Lipinski definition) is 6. The highest BCUT2D eigenvalue weighted by atomic mass is 16.3. The molecule has 0 saturated carbocycles. The Morgan fingerprint density at radius 1 is 1.45 bits per heavy atom. The van der Waals surface area contributed by atoms with Crippen molar-refractivity contribution in [2.75, 3.05) is 12.3 Å². The Labute approximate surface area is 126 Å². The van der Waals surface area contributed by atoms with E-state index in [1.54, 1.807) is 29.3 Å². The minimum absolute atomic E-state index is 0.0992. The zero-order valence-electron chi connectivity index (χ0n) is 12.1. The van der Waals surface area contributed by atoms with Crippen LogP contribution >= 0.6 is 0 Å². The topological polar surface area (TPSA) is 112 Å². The lowest BCUT2D eigenvalue weighted by atomic mass is 10.3. The van der Waals surface area contributed by atoms with Crippen LogP contribution in [0.15, 0.2) is 29.1 Å². The summed E-state index contributed by atoms with van der Waals surface area (Å²) >= 11 is 0. The number of anilines is 1. The maximum atomic E-state index is 11.9. The molecule has 3 heterocycles. The highest BCUT2D eigenvalue weighted by Gasteiger charge is 2.16. The van der Waals surface area contributed by atoms with E-state index in [0.29, 0.717) is 29.2 Å². The van der Waals surface area contributed by atoms with Gasteiger partial charge in [-0.05, 0) is 18.6 Å². The summed E-state index contributed by atoms with van der Waals surface area (Å²) in [5.74, 6) is 0.562. The van der Waals surface area contributed by atoms with E-state index in [1.807, 2.05) is 6.92 Å². The molecule has 0 aliphatic rings. The van der Waals surface area contributed by atoms with Crippen molar-refractivity contribution < 1.29 is 9.21 Å². The molecule has 0 fully saturated rings. The number of furan rings is 1. The fourth-order valence-corrected chi connectivity index (χ4v) is 2.14. The van der Waals surface area contributed by atoms with Gasteiger partial charge in [0.05, 0.1) is 12.6 Å². The lowest BCUT2D eigenvalue weighted by molar-refractivity contribution is -0.121. The SMILES string of the molecule is CCCNC(=O)Cn1cnc2c(-c3ccco3)nc(N)nc21. The van der Waals surface area contributed by atoms with E-state index in [9.17, 15) is 4.79 Å². The van der Waals surface area contributed by atoms with Crippen LogP contribution < -0.4 is 11.1 Å². The lowest BCUT2D eigenvalue weighted by Gasteiger charge is -2.06. The van der Waals surface area contributed by atoms with Gasteiger partial charge >= 0.3 is 0 Å². The molecule has 114 valence electrons. The van der Waals surface area contributed by atoms with E-state index in [4.69, 9.17) is 10.2 Å². The lowest BCUT2D eigenvalue weighted by Crippen LogP contribution is -2.28. The molecule has 3 rings (SSSR count). The molecule has 0 aromatic carbocycles. The van der Waals surface area contributed by atoms with E-state index in [2.05, 4.69) is 20.3 Å². The third kappa shape index (κ3) is 2.62. The van der Waals surface area contributed by atoms with Crippen LogP contribution in [0.4, 0.5) is 5.95 Å². The fourth-order valence-electron chi connectivity index (χ4n) is 2.14. The minimum Gasteiger partial charge on any atom is -0.463 e. The van der Waals surface area contributed by atoms with Gasteiger partial charge in [0, 0.05) is 6.54 Å². The number of nitrogen functional groups attached to an aromatic ring is 1. The van der Waals surface area contributed by atoms with Gasteiger partial charge in [-0.3, -0.25) is 4.79 Å². The van der Waals surface area contributed by atoms with Gasteiger partial charge in [0.1, 0.15) is 17.8 Å². The molecule has 0 atom stereocenters. The van der Waals surface area contributed by atoms with E-state index >= 15 is 0 Å². The first-order chi connectivity index (χ1) is 10.7. The van der Waals surface area contributed by atoms with Crippen LogP contribution in [0.2, 0.25) is 0 Å². The zero-order chi connectivity index (χ0) is 15.5. The number of aromatic nitrogens is 4. The number of carbonyl (C=O) groups excluding carboxylic acids is 1. The molecule has 22 heavy (non-hydrogen) atoms. The summed E-state index contributed by atoms with van der Waals surface area (Å²) in [6, 6.07) is 3.53. The van der Waals surface area contributed by atoms with Gasteiger partial charge < -0.3 is 20.0 Å². The minimum atomic E-state index is -0.0992. The third-order valence-corrected chi connectivity index (χ3v) is 3.12. The first-order valence-corrected chi connectivity index (χ1v) is 6.98. The molecule has 3 aromatic heterocycles. The van der Waals surface area contributed by atoms with E-state index in [0.717, 1.165) is 6.42 Å². The highest BCUT2D eigenvalue weighted by Crippen LogP contribution is 2.25. The predicted molar refractivity (Wildman–Crippen MR) is 80.7 cm³/mol. The molecular weight excluding hydrogens is 284 g/mol. The predicted octanol–water partition coefficient (Wildman–Crippen LogP) is 1.19. The second kappa shape index (κ2) is 5.84. The smallest absolute Gasteiger partial charge is 0.240 e. The van der Waals surface area contributed by atoms with E-state index in [1.165, 1.54) is 0 Å². The van der Waals surface area contributed by atoms with Crippen molar-refractivity contribution in [2.45, 2.75) is 19.9 Å². The first-order valence-electron chi connectivity index (χ1n) is 6.98. The molecule has 0 aliphatic carbocycles. The monoisotopic (exact) mass is 300 g/mol. The first kappa shape index (κ1) is 14.1. The summed E-state index contributed by atoms with van der Waals surface area (Å²) in [6.45, 7) is 2.77. The Morgan fingerprint density at radius 3 is 3.05 bits per heavy atom. The second-order valence-corrected chi connectivity index (χ2v) is 4.80. The molecule has 8 nitrogen and oxygen atoms in total. The van der Waals surface area contributed by atoms with Crippen LogP contribution in [0.5, 0.6) is 0 Å². The van der Waals surface area contributed by atoms with Crippen molar-refractivity contribution in [3.05, 3.63) is 24.7 Å². The molecular formula is C14H16N6O2. The van der Waals surface area contributed by atoms with Crippen molar-refractivity contribution in [3.63, 3.8) is 0 Å². The highest BCUT2D eigenvalue weighted by molar-refractivity contribution is 5.87. The van der Waals surface area contributed by atoms with Crippen LogP contribution in [-0.4, -0.2) is 32.0 Å². The third-order valence-electron chi connectivity index (χ3n) is 3.12. The molecule has 0 unspecified atom stereocenters. The number of hydrogen-bond donors (Lipinski definition) is 2. The molecule has 0 bridgehead atoms. The molecule has 1 amide bonds. The molecule has 0 radical (unpaired) electrons. The van der Waals surface area contributed by atoms with Crippen molar-refractivity contribution in [3.8, 4) is 11.5 Å². The number of nitrogens with one attached hydrogen (secondary N) is 1. The maximum Gasteiger partial charge on any atom is 0.240 e. The Kier molecular flexibility index (Phi) is 3.73. The zero-order valence-corrected chi connectivity index (χ0v) is 12.1. The van der Waals surface area contributed by atoms with Gasteiger partial charge in [0.2, 0.25) is 11.9 Å². The van der Waals surface area contributed by atoms with Gasteiger partial charge in [-0.15, -0.1) is 0 Å². The molecule has 3 aromatic rings. The average molecular weight is 300 g/mol. The number of imidazole rings is 1. The van der Waals surface area contributed by atoms with Crippen LogP contribution in [0.1, 0.15) is 13.3 Å². The van der Waals surface area contributed by atoms with Crippen molar-refractivity contribution >= 4 is 23.0 Å². The summed E-state index contributed by atoms with van der Waals surface area (Å²) < 4.78 is 7.00. The summed E-state index contributed by atoms with van der Waals surface area (Å²) in [5.41, 5.74) is 7.33. The average Bonchev–Trinajstić information content (AvgIpc) is 3.15. The van der Waals surface area contributed by atoms with Gasteiger partial charge in [0.25, 0.3) is 0 Å². The van der Waals surface area contributed by atoms with Crippen molar-refractivity contribution in [1.82, 2.24) is 24.8 Å². The molecule has 0 spiro atoms. The molecule has 8 heteroatoms. The second-order valence-electron chi connectivity index (χ2n) is 4.80. The van der Waals surface area contributed by atoms with Crippen LogP contribution in [-0.2, 0) is 11.3 Å². The van der Waals surface area contributed by atoms with Gasteiger partial charge in [-0.2, -0.15) is 4.98 Å². The van der Waals surface area contributed by atoms with Crippen LogP contribution in [0.25, 0.3) is 22.6 Å². The molecule has 0 saturated heterocycles. The normalized spacial score (nSPS) is 11.0. The van der Waals surface area contributed by atoms with Gasteiger partial charge in [-0.25, -0.2) is 9.97 Å². The summed E-state index contributed by atoms with van der Waals surface area (Å²) in [6.07, 6.45) is 3.99. The number of carbonyl (C=O) groups is 1. The van der Waals surface area contributed by atoms with E-state index in [-0.39, 0.29) is 18.4 Å². The number of rotatable bonds is 5. The van der Waals surface area contributed by atoms with Gasteiger partial charge in [-0.1, -0.05) is 6.92 Å². The van der Waals surface area contributed by atoms with Gasteiger partial charge in [0.15, 0.2) is 11.4 Å². The van der Waals surface area contributed by atoms with Crippen molar-refractivity contribution in [2.24, 2.45) is 0 Å². The quantitative estimate of drug-likeness (QED) is 0.732. The van der Waals surface area contributed by atoms with Crippen LogP contribution in [0, 0.1) is 0 Å². The summed E-state index contributed by atoms with van der Waals surface area (Å²) in [4.78, 5) is 24.5. The Morgan fingerprint density at radius 2 is 2.32 bits per heavy atom. The van der Waals surface area contributed by atoms with Crippen molar-refractivity contribution in [1.29, 1.82) is 0 Å². The number of nitrogens with zero attached hydrogens (tertiary/aromatic N) is 4. The summed E-state index contributed by atoms with van der Waals surface area (Å²) in [7, 11) is 0. The Hall–Kier alpha value is -2.90. The Bertz CT molecular complexity index is 793. The fraction of sp³-hybridized carbons (Fsp3) is 0.286. The molecule has 3 N–H and O–H groups in total. The summed E-state index contributed by atoms with van der Waals surface area (Å²) in [5, 5.41) is 2.81. The standard InChI is InChI=1S/C14H16N6O2/c1-2-5-16-10(21)7-20-8-17-12-11(9-4-3-6-22-9)18-14(15)19-13(12)20/h3-4,6,8H,2,5,7H2,1H3,(H,16,21)(H2,15,18,19). The Balaban J connectivity index is 1.99. The number of nitrogens with two attached hydrogens (primary N) is 1.